The van der Waals surface area contributed by atoms with E-state index in [1.165, 1.54) is 6.08 Å². The third-order valence-corrected chi connectivity index (χ3v) is 3.35. The number of halogens is 3. The molecule has 18 heavy (non-hydrogen) atoms. The number of ketones is 1. The lowest BCUT2D eigenvalue weighted by molar-refractivity contribution is -0.152. The average molecular weight is 254 g/mol. The molecule has 96 valence electrons. The van der Waals surface area contributed by atoms with E-state index in [0.717, 1.165) is 0 Å². The summed E-state index contributed by atoms with van der Waals surface area (Å²) in [4.78, 5) is 12.2. The van der Waals surface area contributed by atoms with E-state index in [9.17, 15) is 18.0 Å². The standard InChI is InChI=1S/C14H13F3O/c1-2-7-13(9-14(15,16)17)8-10-5-3-4-6-11(10)12(13)18/h2-6H,1,7-9H2/t13-/m1/s1. The van der Waals surface area contributed by atoms with Gasteiger partial charge in [-0.05, 0) is 18.4 Å². The summed E-state index contributed by atoms with van der Waals surface area (Å²) in [6.07, 6.45) is -3.83. The molecule has 4 heteroatoms. The van der Waals surface area contributed by atoms with Gasteiger partial charge in [-0.1, -0.05) is 30.3 Å². The highest BCUT2D eigenvalue weighted by Crippen LogP contribution is 2.46. The van der Waals surface area contributed by atoms with Crippen LogP contribution in [0, 0.1) is 5.41 Å². The minimum absolute atomic E-state index is 0.0556. The fraction of sp³-hybridized carbons (Fsp3) is 0.357. The van der Waals surface area contributed by atoms with Crippen LogP contribution in [-0.4, -0.2) is 12.0 Å². The summed E-state index contributed by atoms with van der Waals surface area (Å²) in [5.41, 5.74) is -0.263. The van der Waals surface area contributed by atoms with Gasteiger partial charge < -0.3 is 0 Å². The molecule has 1 aromatic carbocycles. The van der Waals surface area contributed by atoms with Gasteiger partial charge in [0, 0.05) is 11.0 Å². The van der Waals surface area contributed by atoms with E-state index >= 15 is 0 Å². The van der Waals surface area contributed by atoms with Crippen LogP contribution in [0.4, 0.5) is 13.2 Å². The molecule has 0 heterocycles. The first-order valence-corrected chi connectivity index (χ1v) is 5.68. The van der Waals surface area contributed by atoms with E-state index in [1.807, 2.05) is 0 Å². The molecular formula is C14H13F3O. The fourth-order valence-corrected chi connectivity index (χ4v) is 2.67. The van der Waals surface area contributed by atoms with Crippen molar-refractivity contribution in [1.29, 1.82) is 0 Å². The predicted molar refractivity (Wildman–Crippen MR) is 62.4 cm³/mol. The van der Waals surface area contributed by atoms with Gasteiger partial charge in [0.15, 0.2) is 5.78 Å². The molecule has 2 rings (SSSR count). The number of carbonyl (C=O) groups is 1. The van der Waals surface area contributed by atoms with Gasteiger partial charge in [0.1, 0.15) is 0 Å². The third-order valence-electron chi connectivity index (χ3n) is 3.35. The van der Waals surface area contributed by atoms with Crippen LogP contribution in [0.1, 0.15) is 28.8 Å². The van der Waals surface area contributed by atoms with Gasteiger partial charge in [0.05, 0.1) is 6.42 Å². The number of carbonyl (C=O) groups excluding carboxylic acids is 1. The van der Waals surface area contributed by atoms with Crippen molar-refractivity contribution in [3.8, 4) is 0 Å². The van der Waals surface area contributed by atoms with E-state index in [0.29, 0.717) is 11.1 Å². The Labute approximate surface area is 103 Å². The lowest BCUT2D eigenvalue weighted by atomic mass is 9.77. The van der Waals surface area contributed by atoms with E-state index in [2.05, 4.69) is 6.58 Å². The first kappa shape index (κ1) is 12.9. The van der Waals surface area contributed by atoms with E-state index in [4.69, 9.17) is 0 Å². The van der Waals surface area contributed by atoms with Crippen molar-refractivity contribution in [3.63, 3.8) is 0 Å². The molecule has 1 aliphatic rings. The molecule has 1 nitrogen and oxygen atoms in total. The molecule has 1 atom stereocenters. The maximum Gasteiger partial charge on any atom is 0.390 e. The van der Waals surface area contributed by atoms with Crippen molar-refractivity contribution >= 4 is 5.78 Å². The number of allylic oxidation sites excluding steroid dienone is 1. The molecule has 0 saturated heterocycles. The predicted octanol–water partition coefficient (Wildman–Crippen LogP) is 3.94. The van der Waals surface area contributed by atoms with Crippen molar-refractivity contribution in [2.24, 2.45) is 5.41 Å². The zero-order valence-corrected chi connectivity index (χ0v) is 9.76. The summed E-state index contributed by atoms with van der Waals surface area (Å²) in [5, 5.41) is 0. The Morgan fingerprint density at radius 2 is 2.00 bits per heavy atom. The lowest BCUT2D eigenvalue weighted by Crippen LogP contribution is -2.33. The van der Waals surface area contributed by atoms with Crippen LogP contribution in [-0.2, 0) is 6.42 Å². The van der Waals surface area contributed by atoms with Crippen molar-refractivity contribution < 1.29 is 18.0 Å². The molecule has 0 aliphatic heterocycles. The molecule has 0 spiro atoms. The van der Waals surface area contributed by atoms with Crippen molar-refractivity contribution in [2.45, 2.75) is 25.4 Å². The maximum absolute atomic E-state index is 12.7. The molecule has 1 aromatic rings. The van der Waals surface area contributed by atoms with E-state index in [1.54, 1.807) is 24.3 Å². The Morgan fingerprint density at radius 3 is 2.56 bits per heavy atom. The normalized spacial score (nSPS) is 22.9. The molecule has 0 aromatic heterocycles. The summed E-state index contributed by atoms with van der Waals surface area (Å²) in [5.74, 6) is -0.407. The number of hydrogen-bond donors (Lipinski definition) is 0. The van der Waals surface area contributed by atoms with Gasteiger partial charge in [-0.25, -0.2) is 0 Å². The van der Waals surface area contributed by atoms with E-state index in [-0.39, 0.29) is 12.8 Å². The van der Waals surface area contributed by atoms with Crippen molar-refractivity contribution in [1.82, 2.24) is 0 Å². The summed E-state index contributed by atoms with van der Waals surface area (Å²) in [7, 11) is 0. The minimum Gasteiger partial charge on any atom is -0.294 e. The van der Waals surface area contributed by atoms with Gasteiger partial charge in [-0.2, -0.15) is 13.2 Å². The van der Waals surface area contributed by atoms with Crippen molar-refractivity contribution in [3.05, 3.63) is 48.0 Å². The topological polar surface area (TPSA) is 17.1 Å². The summed E-state index contributed by atoms with van der Waals surface area (Å²) in [6, 6.07) is 6.73. The van der Waals surface area contributed by atoms with Crippen LogP contribution in [0.5, 0.6) is 0 Å². The number of hydrogen-bond acceptors (Lipinski definition) is 1. The molecule has 0 bridgehead atoms. The molecular weight excluding hydrogens is 241 g/mol. The minimum atomic E-state index is -4.35. The zero-order chi connectivity index (χ0) is 13.4. The number of fused-ring (bicyclic) bond motifs is 1. The largest absolute Gasteiger partial charge is 0.390 e. The summed E-state index contributed by atoms with van der Waals surface area (Å²) >= 11 is 0. The molecule has 1 aliphatic carbocycles. The van der Waals surface area contributed by atoms with Crippen LogP contribution in [0.2, 0.25) is 0 Å². The number of Topliss-reactive ketones (excluding diaryl/α,β-unsaturated/α-hetero) is 1. The zero-order valence-electron chi connectivity index (χ0n) is 9.76. The van der Waals surface area contributed by atoms with Gasteiger partial charge in [0.25, 0.3) is 0 Å². The van der Waals surface area contributed by atoms with Crippen LogP contribution >= 0.6 is 0 Å². The molecule has 0 N–H and O–H groups in total. The highest BCUT2D eigenvalue weighted by molar-refractivity contribution is 6.05. The second kappa shape index (κ2) is 4.26. The van der Waals surface area contributed by atoms with Crippen LogP contribution < -0.4 is 0 Å². The fourth-order valence-electron chi connectivity index (χ4n) is 2.67. The SMILES string of the molecule is C=CC[C@]1(CC(F)(F)F)Cc2ccccc2C1=O. The molecule has 0 unspecified atom stereocenters. The Bertz CT molecular complexity index is 490. The number of benzene rings is 1. The quantitative estimate of drug-likeness (QED) is 0.747. The number of rotatable bonds is 3. The second-order valence-corrected chi connectivity index (χ2v) is 4.73. The Kier molecular flexibility index (Phi) is 3.05. The Balaban J connectivity index is 2.41. The molecule has 0 amide bonds. The van der Waals surface area contributed by atoms with Gasteiger partial charge in [-0.3, -0.25) is 4.79 Å². The highest BCUT2D eigenvalue weighted by Gasteiger charge is 2.50. The first-order valence-electron chi connectivity index (χ1n) is 5.68. The summed E-state index contributed by atoms with van der Waals surface area (Å²) < 4.78 is 38.1. The van der Waals surface area contributed by atoms with Gasteiger partial charge >= 0.3 is 6.18 Å². The lowest BCUT2D eigenvalue weighted by Gasteiger charge is -2.27. The Hall–Kier alpha value is -1.58. The average Bonchev–Trinajstić information content (AvgIpc) is 2.51. The smallest absolute Gasteiger partial charge is 0.294 e. The maximum atomic E-state index is 12.7. The van der Waals surface area contributed by atoms with E-state index < -0.39 is 23.8 Å². The number of alkyl halides is 3. The molecule has 0 radical (unpaired) electrons. The van der Waals surface area contributed by atoms with Crippen LogP contribution in [0.25, 0.3) is 0 Å². The van der Waals surface area contributed by atoms with Crippen LogP contribution in [0.3, 0.4) is 0 Å². The Morgan fingerprint density at radius 1 is 1.33 bits per heavy atom. The first-order chi connectivity index (χ1) is 8.38. The third kappa shape index (κ3) is 2.19. The summed E-state index contributed by atoms with van der Waals surface area (Å²) in [6.45, 7) is 3.48. The van der Waals surface area contributed by atoms with Crippen LogP contribution in [0.15, 0.2) is 36.9 Å². The highest BCUT2D eigenvalue weighted by atomic mass is 19.4. The van der Waals surface area contributed by atoms with Crippen molar-refractivity contribution in [2.75, 3.05) is 0 Å². The van der Waals surface area contributed by atoms with Gasteiger partial charge in [0.2, 0.25) is 0 Å². The second-order valence-electron chi connectivity index (χ2n) is 4.73. The molecule has 0 saturated carbocycles. The van der Waals surface area contributed by atoms with Gasteiger partial charge in [-0.15, -0.1) is 6.58 Å². The monoisotopic (exact) mass is 254 g/mol. The molecule has 0 fully saturated rings.